The maximum Gasteiger partial charge on any atom is 0.356 e. The Bertz CT molecular complexity index is 627. The van der Waals surface area contributed by atoms with Gasteiger partial charge in [0.2, 0.25) is 0 Å². The average molecular weight is 262 g/mol. The molecule has 1 aromatic carbocycles. The fourth-order valence-corrected chi connectivity index (χ4v) is 1.84. The van der Waals surface area contributed by atoms with Crippen LogP contribution in [0.1, 0.15) is 37.0 Å². The molecule has 2 rings (SSSR count). The summed E-state index contributed by atoms with van der Waals surface area (Å²) in [5.74, 6) is -1.12. The average Bonchev–Trinajstić information content (AvgIpc) is 2.73. The second-order valence-corrected chi connectivity index (χ2v) is 5.37. The summed E-state index contributed by atoms with van der Waals surface area (Å²) in [5.41, 5.74) is 0.649. The van der Waals surface area contributed by atoms with Crippen molar-refractivity contribution in [1.82, 2.24) is 9.97 Å². The third-order valence-corrected chi connectivity index (χ3v) is 2.75. The first-order valence-electron chi connectivity index (χ1n) is 5.89. The molecule has 1 aromatic heterocycles. The molecule has 0 saturated carbocycles. The molecule has 0 amide bonds. The summed E-state index contributed by atoms with van der Waals surface area (Å²) in [6.07, 6.45) is 0. The van der Waals surface area contributed by atoms with Crippen LogP contribution in [0.5, 0.6) is 0 Å². The number of carbonyl (C=O) groups is 1. The predicted octanol–water partition coefficient (Wildman–Crippen LogP) is 3.21. The number of rotatable bonds is 2. The summed E-state index contributed by atoms with van der Waals surface area (Å²) in [6, 6.07) is 5.89. The molecular formula is C14H15FN2O2. The van der Waals surface area contributed by atoms with Crippen molar-refractivity contribution in [3.63, 3.8) is 0 Å². The number of imidazole rings is 1. The van der Waals surface area contributed by atoms with E-state index in [1.54, 1.807) is 12.1 Å². The molecule has 0 aliphatic heterocycles. The van der Waals surface area contributed by atoms with Gasteiger partial charge in [-0.25, -0.2) is 14.2 Å². The number of hydrogen-bond acceptors (Lipinski definition) is 2. The Labute approximate surface area is 110 Å². The van der Waals surface area contributed by atoms with Gasteiger partial charge in [0, 0.05) is 11.0 Å². The molecule has 1 heterocycles. The van der Waals surface area contributed by atoms with Gasteiger partial charge in [0.1, 0.15) is 11.6 Å². The highest BCUT2D eigenvalue weighted by molar-refractivity contribution is 5.88. The van der Waals surface area contributed by atoms with Crippen molar-refractivity contribution < 1.29 is 14.3 Å². The highest BCUT2D eigenvalue weighted by Gasteiger charge is 2.26. The fourth-order valence-electron chi connectivity index (χ4n) is 1.84. The van der Waals surface area contributed by atoms with Crippen molar-refractivity contribution in [2.24, 2.45) is 0 Å². The van der Waals surface area contributed by atoms with Crippen LogP contribution in [0.2, 0.25) is 0 Å². The Morgan fingerprint density at radius 3 is 2.53 bits per heavy atom. The first kappa shape index (κ1) is 13.3. The minimum absolute atomic E-state index is 0.0215. The van der Waals surface area contributed by atoms with Crippen molar-refractivity contribution in [2.45, 2.75) is 26.2 Å². The van der Waals surface area contributed by atoms with Crippen molar-refractivity contribution in [3.8, 4) is 11.4 Å². The maximum absolute atomic E-state index is 13.2. The molecule has 4 nitrogen and oxygen atoms in total. The topological polar surface area (TPSA) is 66.0 Å². The van der Waals surface area contributed by atoms with Crippen LogP contribution in [-0.2, 0) is 5.41 Å². The highest BCUT2D eigenvalue weighted by Crippen LogP contribution is 2.27. The Balaban J connectivity index is 2.58. The summed E-state index contributed by atoms with van der Waals surface area (Å²) in [7, 11) is 0. The van der Waals surface area contributed by atoms with E-state index < -0.39 is 5.97 Å². The van der Waals surface area contributed by atoms with Crippen molar-refractivity contribution in [2.75, 3.05) is 0 Å². The lowest BCUT2D eigenvalue weighted by Crippen LogP contribution is -2.16. The van der Waals surface area contributed by atoms with E-state index >= 15 is 0 Å². The SMILES string of the molecule is CC(C)(C)c1[nH]c(-c2cccc(F)c2)nc1C(=O)O. The molecule has 5 heteroatoms. The number of aromatic nitrogens is 2. The third-order valence-electron chi connectivity index (χ3n) is 2.75. The minimum atomic E-state index is -1.09. The van der Waals surface area contributed by atoms with Gasteiger partial charge in [0.25, 0.3) is 0 Å². The van der Waals surface area contributed by atoms with Crippen molar-refractivity contribution in [3.05, 3.63) is 41.5 Å². The number of H-pyrrole nitrogens is 1. The van der Waals surface area contributed by atoms with E-state index in [0.717, 1.165) is 0 Å². The lowest BCUT2D eigenvalue weighted by Gasteiger charge is -2.16. The summed E-state index contributed by atoms with van der Waals surface area (Å²) < 4.78 is 13.2. The second-order valence-electron chi connectivity index (χ2n) is 5.37. The van der Waals surface area contributed by atoms with Gasteiger partial charge in [-0.05, 0) is 12.1 Å². The van der Waals surface area contributed by atoms with Crippen LogP contribution in [0.3, 0.4) is 0 Å². The van der Waals surface area contributed by atoms with E-state index in [0.29, 0.717) is 17.1 Å². The standard InChI is InChI=1S/C14H15FN2O2/c1-14(2,3)11-10(13(18)19)16-12(17-11)8-5-4-6-9(15)7-8/h4-7H,1-3H3,(H,16,17)(H,18,19). The Morgan fingerprint density at radius 2 is 2.05 bits per heavy atom. The van der Waals surface area contributed by atoms with Gasteiger partial charge >= 0.3 is 5.97 Å². The Hall–Kier alpha value is -2.17. The van der Waals surface area contributed by atoms with Gasteiger partial charge in [-0.15, -0.1) is 0 Å². The number of nitrogens with zero attached hydrogens (tertiary/aromatic N) is 1. The minimum Gasteiger partial charge on any atom is -0.476 e. The summed E-state index contributed by atoms with van der Waals surface area (Å²) in [4.78, 5) is 18.3. The molecule has 2 aromatic rings. The van der Waals surface area contributed by atoms with Crippen LogP contribution in [0, 0.1) is 5.82 Å². The lowest BCUT2D eigenvalue weighted by atomic mass is 9.91. The van der Waals surface area contributed by atoms with Gasteiger partial charge in [-0.2, -0.15) is 0 Å². The lowest BCUT2D eigenvalue weighted by molar-refractivity contribution is 0.0688. The molecule has 0 aliphatic carbocycles. The molecular weight excluding hydrogens is 247 g/mol. The van der Waals surface area contributed by atoms with E-state index in [2.05, 4.69) is 9.97 Å². The third kappa shape index (κ3) is 2.65. The number of halogens is 1. The van der Waals surface area contributed by atoms with Gasteiger partial charge in [-0.1, -0.05) is 32.9 Å². The highest BCUT2D eigenvalue weighted by atomic mass is 19.1. The molecule has 0 radical (unpaired) electrons. The zero-order valence-corrected chi connectivity index (χ0v) is 11.0. The molecule has 0 saturated heterocycles. The Morgan fingerprint density at radius 1 is 1.37 bits per heavy atom. The summed E-state index contributed by atoms with van der Waals surface area (Å²) >= 11 is 0. The van der Waals surface area contributed by atoms with Crippen LogP contribution in [0.4, 0.5) is 4.39 Å². The number of carboxylic acids is 1. The number of aromatic amines is 1. The molecule has 0 aliphatic rings. The number of nitrogens with one attached hydrogen (secondary N) is 1. The number of hydrogen-bond donors (Lipinski definition) is 2. The van der Waals surface area contributed by atoms with E-state index in [9.17, 15) is 14.3 Å². The molecule has 0 fully saturated rings. The fraction of sp³-hybridized carbons (Fsp3) is 0.286. The molecule has 2 N–H and O–H groups in total. The van der Waals surface area contributed by atoms with Crippen LogP contribution in [0.15, 0.2) is 24.3 Å². The molecule has 0 unspecified atom stereocenters. The monoisotopic (exact) mass is 262 g/mol. The number of carboxylic acid groups (broad SMARTS) is 1. The first-order chi connectivity index (χ1) is 8.79. The predicted molar refractivity (Wildman–Crippen MR) is 69.6 cm³/mol. The van der Waals surface area contributed by atoms with E-state index in [4.69, 9.17) is 0 Å². The van der Waals surface area contributed by atoms with Gasteiger partial charge < -0.3 is 10.1 Å². The molecule has 100 valence electrons. The number of aromatic carboxylic acids is 1. The molecule has 0 spiro atoms. The first-order valence-corrected chi connectivity index (χ1v) is 5.89. The van der Waals surface area contributed by atoms with Crippen molar-refractivity contribution in [1.29, 1.82) is 0 Å². The maximum atomic E-state index is 13.2. The molecule has 0 bridgehead atoms. The summed E-state index contributed by atoms with van der Waals surface area (Å²) in [5, 5.41) is 9.19. The van der Waals surface area contributed by atoms with Gasteiger partial charge in [0.15, 0.2) is 5.69 Å². The van der Waals surface area contributed by atoms with E-state index in [1.165, 1.54) is 12.1 Å². The zero-order valence-electron chi connectivity index (χ0n) is 11.0. The van der Waals surface area contributed by atoms with Gasteiger partial charge in [0.05, 0.1) is 5.69 Å². The summed E-state index contributed by atoms with van der Waals surface area (Å²) in [6.45, 7) is 5.67. The molecule has 0 atom stereocenters. The quantitative estimate of drug-likeness (QED) is 0.873. The zero-order chi connectivity index (χ0) is 14.2. The smallest absolute Gasteiger partial charge is 0.356 e. The van der Waals surface area contributed by atoms with E-state index in [1.807, 2.05) is 20.8 Å². The molecule has 19 heavy (non-hydrogen) atoms. The Kier molecular flexibility index (Phi) is 3.14. The normalized spacial score (nSPS) is 11.6. The van der Waals surface area contributed by atoms with Crippen LogP contribution >= 0.6 is 0 Å². The van der Waals surface area contributed by atoms with Crippen molar-refractivity contribution >= 4 is 5.97 Å². The van der Waals surface area contributed by atoms with Crippen LogP contribution in [0.25, 0.3) is 11.4 Å². The number of benzene rings is 1. The second kappa shape index (κ2) is 4.50. The van der Waals surface area contributed by atoms with Crippen LogP contribution < -0.4 is 0 Å². The van der Waals surface area contributed by atoms with E-state index in [-0.39, 0.29) is 16.9 Å². The largest absolute Gasteiger partial charge is 0.476 e. The van der Waals surface area contributed by atoms with Crippen LogP contribution in [-0.4, -0.2) is 21.0 Å². The van der Waals surface area contributed by atoms with Gasteiger partial charge in [-0.3, -0.25) is 0 Å².